The van der Waals surface area contributed by atoms with Crippen molar-refractivity contribution in [3.8, 4) is 23.0 Å². The van der Waals surface area contributed by atoms with Gasteiger partial charge in [-0.3, -0.25) is 20.4 Å². The number of nitrogens with one attached hydrogen (secondary N) is 2. The minimum Gasteiger partial charge on any atom is -0.493 e. The van der Waals surface area contributed by atoms with Crippen LogP contribution < -0.4 is 29.8 Å². The summed E-state index contributed by atoms with van der Waals surface area (Å²) in [7, 11) is 4.36. The molecule has 0 saturated carbocycles. The van der Waals surface area contributed by atoms with Gasteiger partial charge in [-0.2, -0.15) is 0 Å². The third-order valence-electron chi connectivity index (χ3n) is 3.63. The summed E-state index contributed by atoms with van der Waals surface area (Å²) in [5.41, 5.74) is 5.92. The van der Waals surface area contributed by atoms with Gasteiger partial charge in [0, 0.05) is 5.56 Å². The van der Waals surface area contributed by atoms with E-state index in [4.69, 9.17) is 18.9 Å². The van der Waals surface area contributed by atoms with Crippen LogP contribution in [0.3, 0.4) is 0 Å². The van der Waals surface area contributed by atoms with Crippen molar-refractivity contribution in [1.29, 1.82) is 0 Å². The standard InChI is InChI=1S/C19H22N2O6/c1-12-5-7-14(8-6-12)27-11-17(22)20-21-19(23)13-9-15(24-2)18(26-4)16(10-13)25-3/h5-10H,11H2,1-4H3,(H,20,22)(H,21,23). The Bertz CT molecular complexity index is 779. The van der Waals surface area contributed by atoms with Crippen molar-refractivity contribution in [2.45, 2.75) is 6.92 Å². The Morgan fingerprint density at radius 1 is 0.889 bits per heavy atom. The van der Waals surface area contributed by atoms with E-state index in [2.05, 4.69) is 10.9 Å². The lowest BCUT2D eigenvalue weighted by Gasteiger charge is -2.14. The Hall–Kier alpha value is -3.42. The van der Waals surface area contributed by atoms with Gasteiger partial charge in [0.2, 0.25) is 5.75 Å². The summed E-state index contributed by atoms with van der Waals surface area (Å²) in [6.07, 6.45) is 0. The van der Waals surface area contributed by atoms with Crippen molar-refractivity contribution >= 4 is 11.8 Å². The highest BCUT2D eigenvalue weighted by atomic mass is 16.5. The smallest absolute Gasteiger partial charge is 0.276 e. The fourth-order valence-electron chi connectivity index (χ4n) is 2.23. The van der Waals surface area contributed by atoms with E-state index in [1.54, 1.807) is 12.1 Å². The topological polar surface area (TPSA) is 95.1 Å². The lowest BCUT2D eigenvalue weighted by atomic mass is 10.1. The van der Waals surface area contributed by atoms with E-state index in [0.29, 0.717) is 23.0 Å². The van der Waals surface area contributed by atoms with Gasteiger partial charge in [-0.25, -0.2) is 0 Å². The average Bonchev–Trinajstić information content (AvgIpc) is 2.70. The number of amides is 2. The summed E-state index contributed by atoms with van der Waals surface area (Å²) in [6, 6.07) is 10.2. The molecule has 2 amide bonds. The molecule has 0 aromatic heterocycles. The van der Waals surface area contributed by atoms with Crippen LogP contribution in [0.15, 0.2) is 36.4 Å². The predicted octanol–water partition coefficient (Wildman–Crippen LogP) is 1.86. The number of aryl methyl sites for hydroxylation is 1. The van der Waals surface area contributed by atoms with Gasteiger partial charge in [0.15, 0.2) is 18.1 Å². The van der Waals surface area contributed by atoms with Crippen LogP contribution >= 0.6 is 0 Å². The van der Waals surface area contributed by atoms with Crippen LogP contribution in [0.25, 0.3) is 0 Å². The molecule has 0 radical (unpaired) electrons. The molecule has 0 aliphatic carbocycles. The first kappa shape index (κ1) is 19.9. The molecular formula is C19H22N2O6. The van der Waals surface area contributed by atoms with Crippen molar-refractivity contribution in [2.75, 3.05) is 27.9 Å². The van der Waals surface area contributed by atoms with E-state index in [1.807, 2.05) is 19.1 Å². The molecule has 0 saturated heterocycles. The zero-order valence-corrected chi connectivity index (χ0v) is 15.6. The number of hydrogen-bond acceptors (Lipinski definition) is 6. The largest absolute Gasteiger partial charge is 0.493 e. The van der Waals surface area contributed by atoms with E-state index < -0.39 is 11.8 Å². The van der Waals surface area contributed by atoms with Crippen molar-refractivity contribution in [2.24, 2.45) is 0 Å². The van der Waals surface area contributed by atoms with Crippen LogP contribution in [0.1, 0.15) is 15.9 Å². The fourth-order valence-corrected chi connectivity index (χ4v) is 2.23. The van der Waals surface area contributed by atoms with Crippen LogP contribution in [0.2, 0.25) is 0 Å². The molecular weight excluding hydrogens is 352 g/mol. The average molecular weight is 374 g/mol. The maximum atomic E-state index is 12.3. The van der Waals surface area contributed by atoms with Crippen molar-refractivity contribution in [3.05, 3.63) is 47.5 Å². The maximum absolute atomic E-state index is 12.3. The summed E-state index contributed by atoms with van der Waals surface area (Å²) in [4.78, 5) is 24.1. The Balaban J connectivity index is 1.94. The van der Waals surface area contributed by atoms with Crippen molar-refractivity contribution in [3.63, 3.8) is 0 Å². The van der Waals surface area contributed by atoms with Crippen LogP contribution in [0.5, 0.6) is 23.0 Å². The zero-order valence-electron chi connectivity index (χ0n) is 15.6. The molecule has 27 heavy (non-hydrogen) atoms. The molecule has 0 atom stereocenters. The first-order chi connectivity index (χ1) is 13.0. The van der Waals surface area contributed by atoms with E-state index in [0.717, 1.165) is 5.56 Å². The second kappa shape index (κ2) is 9.33. The third kappa shape index (κ3) is 5.27. The number of hydrogen-bond donors (Lipinski definition) is 2. The molecule has 144 valence electrons. The lowest BCUT2D eigenvalue weighted by Crippen LogP contribution is -2.43. The predicted molar refractivity (Wildman–Crippen MR) is 98.4 cm³/mol. The van der Waals surface area contributed by atoms with E-state index in [9.17, 15) is 9.59 Å². The Labute approximate surface area is 157 Å². The number of benzene rings is 2. The van der Waals surface area contributed by atoms with Gasteiger partial charge < -0.3 is 18.9 Å². The molecule has 0 heterocycles. The maximum Gasteiger partial charge on any atom is 0.276 e. The van der Waals surface area contributed by atoms with Crippen molar-refractivity contribution < 1.29 is 28.5 Å². The second-order valence-electron chi connectivity index (χ2n) is 5.52. The van der Waals surface area contributed by atoms with Crippen LogP contribution in [-0.4, -0.2) is 39.8 Å². The van der Waals surface area contributed by atoms with Crippen LogP contribution in [0.4, 0.5) is 0 Å². The zero-order chi connectivity index (χ0) is 19.8. The summed E-state index contributed by atoms with van der Waals surface area (Å²) in [5.74, 6) is 0.542. The van der Waals surface area contributed by atoms with Gasteiger partial charge in [0.1, 0.15) is 5.75 Å². The molecule has 2 aromatic carbocycles. The molecule has 0 bridgehead atoms. The van der Waals surface area contributed by atoms with Gasteiger partial charge in [0.25, 0.3) is 11.8 Å². The minimum atomic E-state index is -0.544. The number of carbonyl (C=O) groups excluding carboxylic acids is 2. The first-order valence-electron chi connectivity index (χ1n) is 8.07. The molecule has 2 N–H and O–H groups in total. The molecule has 2 aromatic rings. The molecule has 0 spiro atoms. The highest BCUT2D eigenvalue weighted by molar-refractivity contribution is 5.96. The molecule has 2 rings (SSSR count). The summed E-state index contributed by atoms with van der Waals surface area (Å²) in [6.45, 7) is 1.72. The van der Waals surface area contributed by atoms with Gasteiger partial charge in [-0.1, -0.05) is 17.7 Å². The Kier molecular flexibility index (Phi) is 6.87. The normalized spacial score (nSPS) is 9.93. The van der Waals surface area contributed by atoms with Gasteiger partial charge in [-0.05, 0) is 31.2 Å². The summed E-state index contributed by atoms with van der Waals surface area (Å²) >= 11 is 0. The highest BCUT2D eigenvalue weighted by Gasteiger charge is 2.17. The van der Waals surface area contributed by atoms with E-state index in [1.165, 1.54) is 33.5 Å². The first-order valence-corrected chi connectivity index (χ1v) is 8.07. The number of ether oxygens (including phenoxy) is 4. The quantitative estimate of drug-likeness (QED) is 0.719. The van der Waals surface area contributed by atoms with E-state index in [-0.39, 0.29) is 12.2 Å². The second-order valence-corrected chi connectivity index (χ2v) is 5.52. The summed E-state index contributed by atoms with van der Waals surface area (Å²) in [5, 5.41) is 0. The fraction of sp³-hybridized carbons (Fsp3) is 0.263. The van der Waals surface area contributed by atoms with E-state index >= 15 is 0 Å². The summed E-state index contributed by atoms with van der Waals surface area (Å²) < 4.78 is 20.9. The van der Waals surface area contributed by atoms with Gasteiger partial charge in [-0.15, -0.1) is 0 Å². The Morgan fingerprint density at radius 2 is 1.48 bits per heavy atom. The number of methoxy groups -OCH3 is 3. The molecule has 0 unspecified atom stereocenters. The molecule has 0 aliphatic rings. The van der Waals surface area contributed by atoms with Crippen molar-refractivity contribution in [1.82, 2.24) is 10.9 Å². The molecule has 8 heteroatoms. The number of carbonyl (C=O) groups is 2. The number of hydrazine groups is 1. The third-order valence-corrected chi connectivity index (χ3v) is 3.63. The van der Waals surface area contributed by atoms with Crippen LogP contribution in [0, 0.1) is 6.92 Å². The monoisotopic (exact) mass is 374 g/mol. The van der Waals surface area contributed by atoms with Gasteiger partial charge >= 0.3 is 0 Å². The molecule has 0 aliphatic heterocycles. The minimum absolute atomic E-state index is 0.226. The Morgan fingerprint density at radius 3 is 2.00 bits per heavy atom. The lowest BCUT2D eigenvalue weighted by molar-refractivity contribution is -0.123. The number of rotatable bonds is 7. The molecule has 8 nitrogen and oxygen atoms in total. The van der Waals surface area contributed by atoms with Gasteiger partial charge in [0.05, 0.1) is 21.3 Å². The SMILES string of the molecule is COc1cc(C(=O)NNC(=O)COc2ccc(C)cc2)cc(OC)c1OC. The highest BCUT2D eigenvalue weighted by Crippen LogP contribution is 2.38. The van der Waals surface area contributed by atoms with Crippen LogP contribution in [-0.2, 0) is 4.79 Å². The molecule has 0 fully saturated rings.